The zero-order valence-electron chi connectivity index (χ0n) is 9.07. The fraction of sp³-hybridized carbons (Fsp3) is 0.400. The van der Waals surface area contributed by atoms with Gasteiger partial charge in [0.2, 0.25) is 0 Å². The summed E-state index contributed by atoms with van der Waals surface area (Å²) in [5.41, 5.74) is 5.19. The van der Waals surface area contributed by atoms with Gasteiger partial charge in [-0.3, -0.25) is 10.1 Å². The number of rotatable bonds is 4. The molecular weight excluding hydrogens is 232 g/mol. The third-order valence-electron chi connectivity index (χ3n) is 1.73. The highest BCUT2D eigenvalue weighted by Gasteiger charge is 2.14. The third kappa shape index (κ3) is 3.67. The lowest BCUT2D eigenvalue weighted by atomic mass is 10.1. The van der Waals surface area contributed by atoms with Crippen LogP contribution in [0.15, 0.2) is 18.2 Å². The highest BCUT2D eigenvalue weighted by molar-refractivity contribution is 6.32. The number of benzene rings is 1. The molecule has 0 aliphatic heterocycles. The van der Waals surface area contributed by atoms with E-state index in [4.69, 9.17) is 22.1 Å². The Labute approximate surface area is 98.3 Å². The molecule has 0 saturated carbocycles. The SMILES string of the molecule is CC(C)(N)COc1ccc([N+](=O)[O-])cc1Cl. The lowest BCUT2D eigenvalue weighted by molar-refractivity contribution is -0.384. The van der Waals surface area contributed by atoms with Gasteiger partial charge in [-0.1, -0.05) is 11.6 Å². The van der Waals surface area contributed by atoms with Gasteiger partial charge in [-0.05, 0) is 19.9 Å². The molecule has 5 nitrogen and oxygen atoms in total. The number of non-ortho nitro benzene ring substituents is 1. The lowest BCUT2D eigenvalue weighted by Crippen LogP contribution is -2.38. The molecule has 0 unspecified atom stereocenters. The van der Waals surface area contributed by atoms with Crippen LogP contribution < -0.4 is 10.5 Å². The van der Waals surface area contributed by atoms with Crippen LogP contribution in [0.5, 0.6) is 5.75 Å². The van der Waals surface area contributed by atoms with E-state index < -0.39 is 10.5 Å². The summed E-state index contributed by atoms with van der Waals surface area (Å²) in [7, 11) is 0. The van der Waals surface area contributed by atoms with Crippen molar-refractivity contribution < 1.29 is 9.66 Å². The number of hydrogen-bond acceptors (Lipinski definition) is 4. The Morgan fingerprint density at radius 1 is 1.56 bits per heavy atom. The quantitative estimate of drug-likeness (QED) is 0.651. The molecule has 0 heterocycles. The topological polar surface area (TPSA) is 78.4 Å². The minimum absolute atomic E-state index is 0.0654. The zero-order valence-corrected chi connectivity index (χ0v) is 9.82. The number of nitrogens with two attached hydrogens (primary N) is 1. The second-order valence-corrected chi connectivity index (χ2v) is 4.56. The molecule has 0 aliphatic carbocycles. The van der Waals surface area contributed by atoms with Gasteiger partial charge in [-0.25, -0.2) is 0 Å². The van der Waals surface area contributed by atoms with Crippen molar-refractivity contribution in [3.8, 4) is 5.75 Å². The van der Waals surface area contributed by atoms with Crippen molar-refractivity contribution in [2.45, 2.75) is 19.4 Å². The summed E-state index contributed by atoms with van der Waals surface area (Å²) in [5.74, 6) is 0.394. The molecule has 1 rings (SSSR count). The van der Waals surface area contributed by atoms with Gasteiger partial charge in [0.15, 0.2) is 0 Å². The van der Waals surface area contributed by atoms with Crippen LogP contribution >= 0.6 is 11.6 Å². The number of nitro groups is 1. The van der Waals surface area contributed by atoms with Crippen LogP contribution in [0.1, 0.15) is 13.8 Å². The highest BCUT2D eigenvalue weighted by atomic mass is 35.5. The normalized spacial score (nSPS) is 11.2. The molecular formula is C10H13ClN2O3. The molecule has 0 radical (unpaired) electrons. The fourth-order valence-corrected chi connectivity index (χ4v) is 1.21. The smallest absolute Gasteiger partial charge is 0.271 e. The van der Waals surface area contributed by atoms with Gasteiger partial charge in [-0.15, -0.1) is 0 Å². The van der Waals surface area contributed by atoms with Gasteiger partial charge in [0.25, 0.3) is 5.69 Å². The Morgan fingerprint density at radius 3 is 2.62 bits per heavy atom. The number of nitro benzene ring substituents is 1. The first-order chi connectivity index (χ1) is 7.29. The van der Waals surface area contributed by atoms with E-state index in [-0.39, 0.29) is 17.3 Å². The van der Waals surface area contributed by atoms with Crippen LogP contribution in [0, 0.1) is 10.1 Å². The molecule has 6 heteroatoms. The van der Waals surface area contributed by atoms with Crippen molar-refractivity contribution in [2.24, 2.45) is 5.73 Å². The summed E-state index contributed by atoms with van der Waals surface area (Å²) in [4.78, 5) is 9.96. The first-order valence-corrected chi connectivity index (χ1v) is 5.03. The molecule has 1 aromatic carbocycles. The number of ether oxygens (including phenoxy) is 1. The van der Waals surface area contributed by atoms with Gasteiger partial charge >= 0.3 is 0 Å². The van der Waals surface area contributed by atoms with Gasteiger partial charge in [0.1, 0.15) is 12.4 Å². The van der Waals surface area contributed by atoms with Crippen molar-refractivity contribution >= 4 is 17.3 Å². The van der Waals surface area contributed by atoms with E-state index >= 15 is 0 Å². The summed E-state index contributed by atoms with van der Waals surface area (Å²) in [6.45, 7) is 3.91. The minimum atomic E-state index is -0.511. The first kappa shape index (κ1) is 12.7. The Hall–Kier alpha value is -1.33. The zero-order chi connectivity index (χ0) is 12.3. The molecule has 2 N–H and O–H groups in total. The van der Waals surface area contributed by atoms with Gasteiger partial charge < -0.3 is 10.5 Å². The van der Waals surface area contributed by atoms with Crippen molar-refractivity contribution in [2.75, 3.05) is 6.61 Å². The summed E-state index contributed by atoms with van der Waals surface area (Å²) < 4.78 is 5.36. The van der Waals surface area contributed by atoms with E-state index in [1.807, 2.05) is 13.8 Å². The Kier molecular flexibility index (Phi) is 3.72. The van der Waals surface area contributed by atoms with E-state index in [0.717, 1.165) is 0 Å². The van der Waals surface area contributed by atoms with Crippen molar-refractivity contribution in [3.63, 3.8) is 0 Å². The predicted molar refractivity (Wildman–Crippen MR) is 61.9 cm³/mol. The molecule has 0 fully saturated rings. The maximum Gasteiger partial charge on any atom is 0.271 e. The minimum Gasteiger partial charge on any atom is -0.490 e. The van der Waals surface area contributed by atoms with Crippen LogP contribution in [0.3, 0.4) is 0 Å². The molecule has 0 saturated heterocycles. The molecule has 16 heavy (non-hydrogen) atoms. The largest absolute Gasteiger partial charge is 0.490 e. The molecule has 0 atom stereocenters. The number of halogens is 1. The van der Waals surface area contributed by atoms with Gasteiger partial charge in [0.05, 0.1) is 9.95 Å². The van der Waals surface area contributed by atoms with Crippen LogP contribution in [0.25, 0.3) is 0 Å². The van der Waals surface area contributed by atoms with Crippen molar-refractivity contribution in [1.82, 2.24) is 0 Å². The fourth-order valence-electron chi connectivity index (χ4n) is 0.984. The maximum atomic E-state index is 10.5. The van der Waals surface area contributed by atoms with Crippen LogP contribution in [-0.2, 0) is 0 Å². The predicted octanol–water partition coefficient (Wildman–Crippen LogP) is 2.36. The number of nitrogens with zero attached hydrogens (tertiary/aromatic N) is 1. The standard InChI is InChI=1S/C10H13ClN2O3/c1-10(2,12)6-16-9-4-3-7(13(14)15)5-8(9)11/h3-5H,6,12H2,1-2H3. The van der Waals surface area contributed by atoms with E-state index in [1.165, 1.54) is 18.2 Å². The van der Waals surface area contributed by atoms with E-state index in [2.05, 4.69) is 0 Å². The summed E-state index contributed by atoms with van der Waals surface area (Å²) >= 11 is 5.83. The Balaban J connectivity index is 2.80. The van der Waals surface area contributed by atoms with Crippen molar-refractivity contribution in [1.29, 1.82) is 0 Å². The van der Waals surface area contributed by atoms with Crippen LogP contribution in [-0.4, -0.2) is 17.1 Å². The van der Waals surface area contributed by atoms with Gasteiger partial charge in [-0.2, -0.15) is 0 Å². The van der Waals surface area contributed by atoms with Crippen LogP contribution in [0.2, 0.25) is 5.02 Å². The highest BCUT2D eigenvalue weighted by Crippen LogP contribution is 2.28. The monoisotopic (exact) mass is 244 g/mol. The molecule has 0 bridgehead atoms. The molecule has 0 spiro atoms. The van der Waals surface area contributed by atoms with Crippen molar-refractivity contribution in [3.05, 3.63) is 33.3 Å². The second kappa shape index (κ2) is 4.67. The van der Waals surface area contributed by atoms with E-state index in [9.17, 15) is 10.1 Å². The van der Waals surface area contributed by atoms with E-state index in [0.29, 0.717) is 5.75 Å². The summed E-state index contributed by atoms with van der Waals surface area (Å²) in [6, 6.07) is 4.05. The molecule has 0 aliphatic rings. The number of hydrogen-bond donors (Lipinski definition) is 1. The Bertz CT molecular complexity index is 402. The first-order valence-electron chi connectivity index (χ1n) is 4.65. The summed E-state index contributed by atoms with van der Waals surface area (Å²) in [5, 5.41) is 10.7. The average molecular weight is 245 g/mol. The van der Waals surface area contributed by atoms with Crippen LogP contribution in [0.4, 0.5) is 5.69 Å². The Morgan fingerprint density at radius 2 is 2.19 bits per heavy atom. The van der Waals surface area contributed by atoms with Gasteiger partial charge in [0, 0.05) is 17.7 Å². The molecule has 0 amide bonds. The maximum absolute atomic E-state index is 10.5. The lowest BCUT2D eigenvalue weighted by Gasteiger charge is -2.19. The molecule has 1 aromatic rings. The average Bonchev–Trinajstić information content (AvgIpc) is 2.14. The molecule has 88 valence electrons. The van der Waals surface area contributed by atoms with E-state index in [1.54, 1.807) is 0 Å². The molecule has 0 aromatic heterocycles. The third-order valence-corrected chi connectivity index (χ3v) is 2.02. The summed E-state index contributed by atoms with van der Waals surface area (Å²) in [6.07, 6.45) is 0. The second-order valence-electron chi connectivity index (χ2n) is 4.15.